The van der Waals surface area contributed by atoms with Gasteiger partial charge >= 0.3 is 0 Å². The molecule has 1 aliphatic heterocycles. The highest BCUT2D eigenvalue weighted by molar-refractivity contribution is 5.90. The van der Waals surface area contributed by atoms with Crippen molar-refractivity contribution in [3.8, 4) is 6.07 Å². The number of carbonyl (C=O) groups is 1. The molecule has 1 aliphatic rings. The number of benzene rings is 1. The number of hydrogen-bond acceptors (Lipinski definition) is 3. The van der Waals surface area contributed by atoms with E-state index >= 15 is 0 Å². The van der Waals surface area contributed by atoms with Gasteiger partial charge in [-0.25, -0.2) is 0 Å². The van der Waals surface area contributed by atoms with Crippen LogP contribution in [0, 0.1) is 11.3 Å². The average molecular weight is 244 g/mol. The first kappa shape index (κ1) is 12.6. The third-order valence-corrected chi connectivity index (χ3v) is 3.02. The summed E-state index contributed by atoms with van der Waals surface area (Å²) in [4.78, 5) is 11.7. The number of hydrogen-bond donors (Lipinski definition) is 1. The molecule has 1 aromatic carbocycles. The van der Waals surface area contributed by atoms with Gasteiger partial charge in [0, 0.05) is 18.7 Å². The summed E-state index contributed by atoms with van der Waals surface area (Å²) in [6, 6.07) is 8.90. The van der Waals surface area contributed by atoms with Gasteiger partial charge in [-0.3, -0.25) is 4.79 Å². The Kier molecular flexibility index (Phi) is 4.32. The smallest absolute Gasteiger partial charge is 0.224 e. The van der Waals surface area contributed by atoms with Crippen molar-refractivity contribution in [1.82, 2.24) is 0 Å². The number of carbonyl (C=O) groups excluding carboxylic acids is 1. The first-order valence-corrected chi connectivity index (χ1v) is 6.19. The molecule has 1 aromatic rings. The maximum atomic E-state index is 11.7. The number of ether oxygens (including phenoxy) is 1. The van der Waals surface area contributed by atoms with Crippen molar-refractivity contribution in [2.24, 2.45) is 0 Å². The first-order chi connectivity index (χ1) is 8.78. The number of nitrogens with zero attached hydrogens (tertiary/aromatic N) is 1. The molecule has 1 N–H and O–H groups in total. The number of nitrogens with one attached hydrogen (secondary N) is 1. The summed E-state index contributed by atoms with van der Waals surface area (Å²) in [5.41, 5.74) is 1.32. The number of amides is 1. The van der Waals surface area contributed by atoms with E-state index in [0.29, 0.717) is 12.0 Å². The Morgan fingerprint density at radius 1 is 1.44 bits per heavy atom. The van der Waals surface area contributed by atoms with Crippen LogP contribution in [0.4, 0.5) is 5.69 Å². The summed E-state index contributed by atoms with van der Waals surface area (Å²) >= 11 is 0. The molecular formula is C14H16N2O2. The molecule has 1 fully saturated rings. The van der Waals surface area contributed by atoms with Crippen LogP contribution in [0.5, 0.6) is 0 Å². The van der Waals surface area contributed by atoms with Crippen LogP contribution >= 0.6 is 0 Å². The van der Waals surface area contributed by atoms with Crippen molar-refractivity contribution < 1.29 is 9.53 Å². The monoisotopic (exact) mass is 244 g/mol. The van der Waals surface area contributed by atoms with E-state index < -0.39 is 0 Å². The number of nitriles is 1. The van der Waals surface area contributed by atoms with Gasteiger partial charge in [0.25, 0.3) is 0 Å². The fourth-order valence-electron chi connectivity index (χ4n) is 2.02. The van der Waals surface area contributed by atoms with E-state index in [9.17, 15) is 4.79 Å². The summed E-state index contributed by atoms with van der Waals surface area (Å²) in [5, 5.41) is 11.5. The Morgan fingerprint density at radius 3 is 2.83 bits per heavy atom. The van der Waals surface area contributed by atoms with Gasteiger partial charge in [0.05, 0.1) is 17.7 Å². The van der Waals surface area contributed by atoms with Crippen molar-refractivity contribution in [2.45, 2.75) is 31.8 Å². The molecule has 4 nitrogen and oxygen atoms in total. The largest absolute Gasteiger partial charge is 0.378 e. The molecule has 1 heterocycles. The molecule has 18 heavy (non-hydrogen) atoms. The molecule has 2 rings (SSSR count). The highest BCUT2D eigenvalue weighted by Crippen LogP contribution is 2.17. The molecule has 0 unspecified atom stereocenters. The summed E-state index contributed by atoms with van der Waals surface area (Å²) in [7, 11) is 0. The molecule has 0 aliphatic carbocycles. The van der Waals surface area contributed by atoms with Crippen LogP contribution in [0.25, 0.3) is 0 Å². The summed E-state index contributed by atoms with van der Waals surface area (Å²) in [5.74, 6) is -0.00444. The van der Waals surface area contributed by atoms with Crippen molar-refractivity contribution in [3.63, 3.8) is 0 Å². The van der Waals surface area contributed by atoms with Crippen LogP contribution in [0.15, 0.2) is 24.3 Å². The van der Waals surface area contributed by atoms with Gasteiger partial charge < -0.3 is 10.1 Å². The van der Waals surface area contributed by atoms with E-state index in [0.717, 1.165) is 31.6 Å². The Hall–Kier alpha value is -1.86. The molecule has 0 bridgehead atoms. The third-order valence-electron chi connectivity index (χ3n) is 3.02. The van der Waals surface area contributed by atoms with Crippen LogP contribution < -0.4 is 5.32 Å². The predicted molar refractivity (Wildman–Crippen MR) is 68.0 cm³/mol. The van der Waals surface area contributed by atoms with E-state index in [4.69, 9.17) is 10.00 Å². The Morgan fingerprint density at radius 2 is 2.22 bits per heavy atom. The Balaban J connectivity index is 1.77. The second kappa shape index (κ2) is 6.18. The van der Waals surface area contributed by atoms with Gasteiger partial charge in [-0.05, 0) is 43.5 Å². The lowest BCUT2D eigenvalue weighted by Crippen LogP contribution is -2.15. The molecule has 1 amide bonds. The van der Waals surface area contributed by atoms with Crippen molar-refractivity contribution in [3.05, 3.63) is 29.8 Å². The van der Waals surface area contributed by atoms with E-state index in [1.807, 2.05) is 6.07 Å². The van der Waals surface area contributed by atoms with Crippen molar-refractivity contribution >= 4 is 11.6 Å². The fraction of sp³-hybridized carbons (Fsp3) is 0.429. The molecule has 4 heteroatoms. The van der Waals surface area contributed by atoms with Crippen LogP contribution in [0.2, 0.25) is 0 Å². The minimum Gasteiger partial charge on any atom is -0.378 e. The zero-order valence-electron chi connectivity index (χ0n) is 10.2. The second-order valence-electron chi connectivity index (χ2n) is 4.41. The van der Waals surface area contributed by atoms with Gasteiger partial charge in [-0.15, -0.1) is 0 Å². The standard InChI is InChI=1S/C14H16N2O2/c15-10-11-3-5-12(6-4-11)16-14(17)8-7-13-2-1-9-18-13/h3-6,13H,1-2,7-9H2,(H,16,17)/t13-/m1/s1. The Labute approximate surface area is 107 Å². The third kappa shape index (κ3) is 3.57. The maximum Gasteiger partial charge on any atom is 0.224 e. The normalized spacial score (nSPS) is 18.3. The molecule has 0 radical (unpaired) electrons. The molecule has 0 spiro atoms. The summed E-state index contributed by atoms with van der Waals surface area (Å²) < 4.78 is 5.47. The first-order valence-electron chi connectivity index (χ1n) is 6.19. The lowest BCUT2D eigenvalue weighted by atomic mass is 10.1. The van der Waals surface area contributed by atoms with Gasteiger partial charge in [0.2, 0.25) is 5.91 Å². The quantitative estimate of drug-likeness (QED) is 0.884. The van der Waals surface area contributed by atoms with E-state index in [2.05, 4.69) is 5.32 Å². The average Bonchev–Trinajstić information content (AvgIpc) is 2.90. The maximum absolute atomic E-state index is 11.7. The van der Waals surface area contributed by atoms with Crippen LogP contribution in [-0.2, 0) is 9.53 Å². The van der Waals surface area contributed by atoms with Gasteiger partial charge in [0.15, 0.2) is 0 Å². The molecule has 1 atom stereocenters. The molecule has 94 valence electrons. The van der Waals surface area contributed by atoms with Gasteiger partial charge in [-0.1, -0.05) is 0 Å². The number of rotatable bonds is 4. The van der Waals surface area contributed by atoms with Crippen LogP contribution in [0.3, 0.4) is 0 Å². The minimum absolute atomic E-state index is 0.00444. The lowest BCUT2D eigenvalue weighted by molar-refractivity contribution is -0.116. The second-order valence-corrected chi connectivity index (χ2v) is 4.41. The van der Waals surface area contributed by atoms with Crippen molar-refractivity contribution in [1.29, 1.82) is 5.26 Å². The highest BCUT2D eigenvalue weighted by Gasteiger charge is 2.16. The molecule has 0 saturated carbocycles. The number of anilines is 1. The van der Waals surface area contributed by atoms with E-state index in [1.54, 1.807) is 24.3 Å². The topological polar surface area (TPSA) is 62.1 Å². The lowest BCUT2D eigenvalue weighted by Gasteiger charge is -2.09. The van der Waals surface area contributed by atoms with Crippen molar-refractivity contribution in [2.75, 3.05) is 11.9 Å². The van der Waals surface area contributed by atoms with Crippen LogP contribution in [-0.4, -0.2) is 18.6 Å². The minimum atomic E-state index is -0.00444. The van der Waals surface area contributed by atoms with E-state index in [-0.39, 0.29) is 12.0 Å². The predicted octanol–water partition coefficient (Wildman–Crippen LogP) is 2.46. The van der Waals surface area contributed by atoms with Gasteiger partial charge in [0.1, 0.15) is 0 Å². The molecule has 0 aromatic heterocycles. The molecular weight excluding hydrogens is 228 g/mol. The van der Waals surface area contributed by atoms with Crippen LogP contribution in [0.1, 0.15) is 31.2 Å². The highest BCUT2D eigenvalue weighted by atomic mass is 16.5. The Bertz CT molecular complexity index is 442. The fourth-order valence-corrected chi connectivity index (χ4v) is 2.02. The molecule has 1 saturated heterocycles. The van der Waals surface area contributed by atoms with E-state index in [1.165, 1.54) is 0 Å². The van der Waals surface area contributed by atoms with Gasteiger partial charge in [-0.2, -0.15) is 5.26 Å². The summed E-state index contributed by atoms with van der Waals surface area (Å²) in [6.45, 7) is 0.821. The SMILES string of the molecule is N#Cc1ccc(NC(=O)CC[C@H]2CCCO2)cc1. The zero-order chi connectivity index (χ0) is 12.8. The summed E-state index contributed by atoms with van der Waals surface area (Å²) in [6.07, 6.45) is 3.66. The zero-order valence-corrected chi connectivity index (χ0v) is 10.2.